The molecule has 1 aromatic heterocycles. The molecule has 6 nitrogen and oxygen atoms in total. The Morgan fingerprint density at radius 1 is 1.32 bits per heavy atom. The number of carbonyl (C=O) groups is 1. The van der Waals surface area contributed by atoms with Gasteiger partial charge in [0.1, 0.15) is 0 Å². The van der Waals surface area contributed by atoms with Gasteiger partial charge in [0.05, 0.1) is 12.5 Å². The molecule has 0 radical (unpaired) electrons. The van der Waals surface area contributed by atoms with Crippen LogP contribution >= 0.6 is 0 Å². The zero-order valence-corrected chi connectivity index (χ0v) is 12.2. The second-order valence-electron chi connectivity index (χ2n) is 5.66. The Morgan fingerprint density at radius 2 is 2.09 bits per heavy atom. The zero-order chi connectivity index (χ0) is 15.5. The summed E-state index contributed by atoms with van der Waals surface area (Å²) in [6.07, 6.45) is 1.71. The number of likely N-dealkylation sites (tertiary alicyclic amines) is 1. The lowest BCUT2D eigenvalue weighted by atomic mass is 9.87. The summed E-state index contributed by atoms with van der Waals surface area (Å²) in [6, 6.07) is 9.87. The van der Waals surface area contributed by atoms with Crippen molar-refractivity contribution in [2.24, 2.45) is 0 Å². The Morgan fingerprint density at radius 3 is 2.73 bits per heavy atom. The number of aliphatic hydroxyl groups excluding tert-OH is 1. The van der Waals surface area contributed by atoms with Crippen LogP contribution in [0, 0.1) is 0 Å². The molecule has 0 aliphatic carbocycles. The number of benzene rings is 1. The van der Waals surface area contributed by atoms with Gasteiger partial charge in [0.15, 0.2) is 0 Å². The van der Waals surface area contributed by atoms with Crippen molar-refractivity contribution >= 4 is 5.91 Å². The molecule has 1 saturated heterocycles. The highest BCUT2D eigenvalue weighted by molar-refractivity contribution is 5.78. The highest BCUT2D eigenvalue weighted by atomic mass is 16.3. The zero-order valence-electron chi connectivity index (χ0n) is 12.2. The highest BCUT2D eigenvalue weighted by Crippen LogP contribution is 2.28. The summed E-state index contributed by atoms with van der Waals surface area (Å²) in [7, 11) is 0. The Balaban J connectivity index is 1.64. The first-order valence-electron chi connectivity index (χ1n) is 7.41. The fourth-order valence-electron chi connectivity index (χ4n) is 2.99. The van der Waals surface area contributed by atoms with Gasteiger partial charge in [-0.2, -0.15) is 0 Å². The first-order valence-corrected chi connectivity index (χ1v) is 7.41. The van der Waals surface area contributed by atoms with E-state index in [4.69, 9.17) is 0 Å². The first kappa shape index (κ1) is 14.6. The topological polar surface area (TPSA) is 89.2 Å². The Kier molecular flexibility index (Phi) is 4.11. The van der Waals surface area contributed by atoms with Crippen molar-refractivity contribution < 1.29 is 9.90 Å². The van der Waals surface area contributed by atoms with Crippen LogP contribution in [0.2, 0.25) is 0 Å². The smallest absolute Gasteiger partial charge is 0.267 e. The standard InChI is InChI=1S/C16H19N3O3/c20-14-10-19(15(21)8-12-9-17-18-16(12)22)7-6-13(14)11-4-2-1-3-5-11/h1-5,9,13-14,20H,6-8,10H2,(H2,17,18,22)/t13-,14-/m1/s1. The number of aromatic amines is 2. The van der Waals surface area contributed by atoms with Crippen molar-refractivity contribution in [3.8, 4) is 0 Å². The van der Waals surface area contributed by atoms with Crippen LogP contribution in [0.1, 0.15) is 23.5 Å². The number of rotatable bonds is 3. The van der Waals surface area contributed by atoms with Gasteiger partial charge >= 0.3 is 0 Å². The third-order valence-electron chi connectivity index (χ3n) is 4.23. The maximum Gasteiger partial charge on any atom is 0.267 e. The van der Waals surface area contributed by atoms with Crippen molar-refractivity contribution in [3.63, 3.8) is 0 Å². The summed E-state index contributed by atoms with van der Waals surface area (Å²) in [5, 5.41) is 15.4. The number of piperidine rings is 1. The Labute approximate surface area is 127 Å². The van der Waals surface area contributed by atoms with Crippen LogP contribution in [0.25, 0.3) is 0 Å². The van der Waals surface area contributed by atoms with Gasteiger partial charge < -0.3 is 15.1 Å². The first-order chi connectivity index (χ1) is 10.6. The van der Waals surface area contributed by atoms with Gasteiger partial charge in [-0.05, 0) is 12.0 Å². The minimum atomic E-state index is -0.579. The third kappa shape index (κ3) is 2.96. The number of carbonyl (C=O) groups excluding carboxylic acids is 1. The molecule has 3 rings (SSSR count). The van der Waals surface area contributed by atoms with E-state index in [9.17, 15) is 14.7 Å². The monoisotopic (exact) mass is 301 g/mol. The predicted molar refractivity (Wildman–Crippen MR) is 81.5 cm³/mol. The molecule has 0 spiro atoms. The summed E-state index contributed by atoms with van der Waals surface area (Å²) >= 11 is 0. The molecule has 1 aromatic carbocycles. The lowest BCUT2D eigenvalue weighted by Crippen LogP contribution is -2.46. The number of amides is 1. The SMILES string of the molecule is O=C(Cc1c[nH][nH]c1=O)N1CC[C@H](c2ccccc2)[C@H](O)C1. The molecule has 116 valence electrons. The van der Waals surface area contributed by atoms with Gasteiger partial charge in [0.2, 0.25) is 5.91 Å². The van der Waals surface area contributed by atoms with Crippen LogP contribution in [0.3, 0.4) is 0 Å². The van der Waals surface area contributed by atoms with E-state index in [0.29, 0.717) is 18.7 Å². The summed E-state index contributed by atoms with van der Waals surface area (Å²) < 4.78 is 0. The molecule has 0 saturated carbocycles. The summed E-state index contributed by atoms with van der Waals surface area (Å²) in [4.78, 5) is 25.3. The molecule has 0 unspecified atom stereocenters. The number of β-amino-alcohol motifs (C(OH)–C–C–N with tert-alkyl or cyclic N) is 1. The van der Waals surface area contributed by atoms with Crippen molar-refractivity contribution in [1.29, 1.82) is 0 Å². The normalized spacial score (nSPS) is 21.8. The van der Waals surface area contributed by atoms with E-state index in [1.54, 1.807) is 4.90 Å². The Hall–Kier alpha value is -2.34. The second-order valence-corrected chi connectivity index (χ2v) is 5.66. The summed E-state index contributed by atoms with van der Waals surface area (Å²) in [5.74, 6) is -0.0726. The maximum atomic E-state index is 12.3. The molecule has 0 bridgehead atoms. The van der Waals surface area contributed by atoms with Crippen LogP contribution in [0.5, 0.6) is 0 Å². The van der Waals surface area contributed by atoms with E-state index in [1.165, 1.54) is 6.20 Å². The number of aliphatic hydroxyl groups is 1. The van der Waals surface area contributed by atoms with Crippen molar-refractivity contribution in [3.05, 3.63) is 58.0 Å². The molecule has 1 amide bonds. The molecule has 1 fully saturated rings. The van der Waals surface area contributed by atoms with E-state index >= 15 is 0 Å². The largest absolute Gasteiger partial charge is 0.391 e. The molecule has 1 aliphatic rings. The van der Waals surface area contributed by atoms with Gasteiger partial charge in [-0.1, -0.05) is 30.3 Å². The van der Waals surface area contributed by atoms with Crippen LogP contribution in [-0.2, 0) is 11.2 Å². The van der Waals surface area contributed by atoms with Gasteiger partial charge in [-0.3, -0.25) is 14.7 Å². The van der Waals surface area contributed by atoms with Gasteiger partial charge in [0, 0.05) is 30.8 Å². The van der Waals surface area contributed by atoms with Gasteiger partial charge in [-0.25, -0.2) is 0 Å². The lowest BCUT2D eigenvalue weighted by Gasteiger charge is -2.36. The van der Waals surface area contributed by atoms with E-state index in [0.717, 1.165) is 12.0 Å². The lowest BCUT2D eigenvalue weighted by molar-refractivity contribution is -0.134. The maximum absolute atomic E-state index is 12.3. The number of hydrogen-bond acceptors (Lipinski definition) is 3. The molecular formula is C16H19N3O3. The fourth-order valence-corrected chi connectivity index (χ4v) is 2.99. The van der Waals surface area contributed by atoms with Crippen molar-refractivity contribution in [2.75, 3.05) is 13.1 Å². The number of nitrogens with zero attached hydrogens (tertiary/aromatic N) is 1. The van der Waals surface area contributed by atoms with Crippen LogP contribution in [-0.4, -0.2) is 45.3 Å². The molecule has 1 aliphatic heterocycles. The number of aromatic nitrogens is 2. The van der Waals surface area contributed by atoms with E-state index in [2.05, 4.69) is 10.2 Å². The summed E-state index contributed by atoms with van der Waals surface area (Å²) in [6.45, 7) is 0.901. The van der Waals surface area contributed by atoms with E-state index in [-0.39, 0.29) is 23.8 Å². The molecule has 3 N–H and O–H groups in total. The molecule has 2 heterocycles. The Bertz CT molecular complexity index is 692. The minimum Gasteiger partial charge on any atom is -0.391 e. The van der Waals surface area contributed by atoms with Gasteiger partial charge in [0.25, 0.3) is 5.56 Å². The second kappa shape index (κ2) is 6.19. The fraction of sp³-hybridized carbons (Fsp3) is 0.375. The average Bonchev–Trinajstić information content (AvgIpc) is 2.93. The molecular weight excluding hydrogens is 282 g/mol. The highest BCUT2D eigenvalue weighted by Gasteiger charge is 2.31. The van der Waals surface area contributed by atoms with Crippen LogP contribution in [0.4, 0.5) is 0 Å². The van der Waals surface area contributed by atoms with Crippen molar-refractivity contribution in [1.82, 2.24) is 15.1 Å². The van der Waals surface area contributed by atoms with Crippen LogP contribution in [0.15, 0.2) is 41.3 Å². The summed E-state index contributed by atoms with van der Waals surface area (Å²) in [5.41, 5.74) is 1.25. The van der Waals surface area contributed by atoms with Crippen molar-refractivity contribution in [2.45, 2.75) is 24.9 Å². The molecule has 22 heavy (non-hydrogen) atoms. The van der Waals surface area contributed by atoms with Crippen LogP contribution < -0.4 is 5.56 Å². The van der Waals surface area contributed by atoms with Gasteiger partial charge in [-0.15, -0.1) is 0 Å². The van der Waals surface area contributed by atoms with E-state index in [1.807, 2.05) is 30.3 Å². The average molecular weight is 301 g/mol. The minimum absolute atomic E-state index is 0.0564. The third-order valence-corrected chi connectivity index (χ3v) is 4.23. The predicted octanol–water partition coefficient (Wildman–Crippen LogP) is 0.622. The van der Waals surface area contributed by atoms with E-state index < -0.39 is 6.10 Å². The number of nitrogens with one attached hydrogen (secondary N) is 2. The molecule has 2 aromatic rings. The molecule has 2 atom stereocenters. The quantitative estimate of drug-likeness (QED) is 0.776. The molecule has 6 heteroatoms. The number of H-pyrrole nitrogens is 2. The number of hydrogen-bond donors (Lipinski definition) is 3.